The van der Waals surface area contributed by atoms with Crippen LogP contribution in [0.4, 0.5) is 11.4 Å². The zero-order valence-electron chi connectivity index (χ0n) is 16.6. The molecule has 1 N–H and O–H groups in total. The van der Waals surface area contributed by atoms with Crippen molar-refractivity contribution in [3.05, 3.63) is 57.6 Å². The summed E-state index contributed by atoms with van der Waals surface area (Å²) in [5.41, 5.74) is 1.83. The van der Waals surface area contributed by atoms with E-state index >= 15 is 0 Å². The molecule has 0 aromatic heterocycles. The summed E-state index contributed by atoms with van der Waals surface area (Å²) in [5, 5.41) is 13.4. The molecule has 154 valence electrons. The van der Waals surface area contributed by atoms with Gasteiger partial charge in [0.2, 0.25) is 0 Å². The van der Waals surface area contributed by atoms with Crippen LogP contribution in [0.2, 0.25) is 0 Å². The highest BCUT2D eigenvalue weighted by Gasteiger charge is 2.21. The Bertz CT molecular complexity index is 927. The molecule has 9 nitrogen and oxygen atoms in total. The lowest BCUT2D eigenvalue weighted by atomic mass is 10.1. The highest BCUT2D eigenvalue weighted by molar-refractivity contribution is 5.96. The highest BCUT2D eigenvalue weighted by atomic mass is 16.6. The van der Waals surface area contributed by atoms with Crippen molar-refractivity contribution in [1.29, 1.82) is 0 Å². The van der Waals surface area contributed by atoms with Crippen LogP contribution < -0.4 is 14.8 Å². The Labute approximate surface area is 167 Å². The smallest absolute Gasteiger partial charge is 0.344 e. The first-order chi connectivity index (χ1) is 13.7. The lowest BCUT2D eigenvalue weighted by Crippen LogP contribution is -2.31. The van der Waals surface area contributed by atoms with Crippen molar-refractivity contribution < 1.29 is 28.7 Å². The van der Waals surface area contributed by atoms with E-state index in [9.17, 15) is 19.7 Å². The molecule has 1 atom stereocenters. The predicted octanol–water partition coefficient (Wildman–Crippen LogP) is 3.17. The summed E-state index contributed by atoms with van der Waals surface area (Å²) in [6, 6.07) is 9.31. The SMILES string of the molecule is COc1ccc([N+](=O)[O-])cc1NC(=O)[C@@H](C)OC(=O)COc1ccc(C)cc1C. The number of ether oxygens (including phenoxy) is 3. The minimum absolute atomic E-state index is 0.0983. The molecular weight excluding hydrogens is 380 g/mol. The third-order valence-electron chi connectivity index (χ3n) is 4.01. The molecule has 29 heavy (non-hydrogen) atoms. The number of carbonyl (C=O) groups excluding carboxylic acids is 2. The topological polar surface area (TPSA) is 117 Å². The number of anilines is 1. The third-order valence-corrected chi connectivity index (χ3v) is 4.01. The van der Waals surface area contributed by atoms with Crippen LogP contribution in [-0.4, -0.2) is 36.6 Å². The molecule has 0 saturated carbocycles. The minimum Gasteiger partial charge on any atom is -0.495 e. The molecule has 2 aromatic rings. The Morgan fingerprint density at radius 2 is 1.83 bits per heavy atom. The number of hydrogen-bond donors (Lipinski definition) is 1. The van der Waals surface area contributed by atoms with Gasteiger partial charge in [0, 0.05) is 12.1 Å². The fourth-order valence-corrected chi connectivity index (χ4v) is 2.52. The Morgan fingerprint density at radius 3 is 2.45 bits per heavy atom. The van der Waals surface area contributed by atoms with E-state index in [1.54, 1.807) is 6.07 Å². The monoisotopic (exact) mass is 402 g/mol. The number of carbonyl (C=O) groups is 2. The molecule has 9 heteroatoms. The van der Waals surface area contributed by atoms with E-state index in [0.29, 0.717) is 5.75 Å². The summed E-state index contributed by atoms with van der Waals surface area (Å²) in [5.74, 6) is -0.603. The normalized spacial score (nSPS) is 11.3. The van der Waals surface area contributed by atoms with Crippen LogP contribution in [0, 0.1) is 24.0 Å². The number of benzene rings is 2. The van der Waals surface area contributed by atoms with Gasteiger partial charge in [-0.1, -0.05) is 17.7 Å². The number of non-ortho nitro benzene ring substituents is 1. The van der Waals surface area contributed by atoms with Crippen molar-refractivity contribution in [2.24, 2.45) is 0 Å². The number of nitro benzene ring substituents is 1. The molecule has 0 aliphatic heterocycles. The number of esters is 1. The van der Waals surface area contributed by atoms with Crippen molar-refractivity contribution >= 4 is 23.3 Å². The number of aryl methyl sites for hydroxylation is 2. The van der Waals surface area contributed by atoms with Gasteiger partial charge in [0.15, 0.2) is 12.7 Å². The first-order valence-corrected chi connectivity index (χ1v) is 8.74. The Kier molecular flexibility index (Phi) is 7.13. The second-order valence-corrected chi connectivity index (χ2v) is 6.32. The van der Waals surface area contributed by atoms with Crippen LogP contribution in [0.25, 0.3) is 0 Å². The number of nitrogens with zero attached hydrogens (tertiary/aromatic N) is 1. The number of amides is 1. The van der Waals surface area contributed by atoms with Crippen LogP contribution >= 0.6 is 0 Å². The fraction of sp³-hybridized carbons (Fsp3) is 0.300. The molecule has 0 bridgehead atoms. The largest absolute Gasteiger partial charge is 0.495 e. The van der Waals surface area contributed by atoms with Gasteiger partial charge < -0.3 is 19.5 Å². The van der Waals surface area contributed by atoms with Crippen molar-refractivity contribution in [2.75, 3.05) is 19.0 Å². The van der Waals surface area contributed by atoms with Gasteiger partial charge in [0.25, 0.3) is 11.6 Å². The van der Waals surface area contributed by atoms with Gasteiger partial charge in [0.05, 0.1) is 17.7 Å². The molecule has 0 fully saturated rings. The van der Waals surface area contributed by atoms with Crippen LogP contribution in [0.1, 0.15) is 18.1 Å². The van der Waals surface area contributed by atoms with E-state index in [2.05, 4.69) is 5.32 Å². The van der Waals surface area contributed by atoms with E-state index in [1.165, 1.54) is 26.2 Å². The highest BCUT2D eigenvalue weighted by Crippen LogP contribution is 2.29. The fourth-order valence-electron chi connectivity index (χ4n) is 2.52. The van der Waals surface area contributed by atoms with Crippen LogP contribution in [0.3, 0.4) is 0 Å². The minimum atomic E-state index is -1.14. The van der Waals surface area contributed by atoms with E-state index in [4.69, 9.17) is 14.2 Å². The number of methoxy groups -OCH3 is 1. The summed E-state index contributed by atoms with van der Waals surface area (Å²) < 4.78 is 15.6. The van der Waals surface area contributed by atoms with Gasteiger partial charge in [0.1, 0.15) is 11.5 Å². The average Bonchev–Trinajstić information content (AvgIpc) is 2.67. The first-order valence-electron chi connectivity index (χ1n) is 8.74. The van der Waals surface area contributed by atoms with Crippen LogP contribution in [0.15, 0.2) is 36.4 Å². The quantitative estimate of drug-likeness (QED) is 0.409. The van der Waals surface area contributed by atoms with Crippen molar-refractivity contribution in [3.63, 3.8) is 0 Å². The second-order valence-electron chi connectivity index (χ2n) is 6.32. The van der Waals surface area contributed by atoms with E-state index < -0.39 is 22.9 Å². The van der Waals surface area contributed by atoms with Gasteiger partial charge >= 0.3 is 5.97 Å². The van der Waals surface area contributed by atoms with Gasteiger partial charge in [-0.05, 0) is 38.5 Å². The molecule has 1 amide bonds. The van der Waals surface area contributed by atoms with Crippen molar-refractivity contribution in [1.82, 2.24) is 0 Å². The maximum Gasteiger partial charge on any atom is 0.344 e. The number of rotatable bonds is 8. The molecule has 0 radical (unpaired) electrons. The van der Waals surface area contributed by atoms with E-state index in [-0.39, 0.29) is 23.7 Å². The van der Waals surface area contributed by atoms with Crippen molar-refractivity contribution in [2.45, 2.75) is 26.9 Å². The number of hydrogen-bond acceptors (Lipinski definition) is 7. The molecule has 0 heterocycles. The zero-order valence-corrected chi connectivity index (χ0v) is 16.6. The lowest BCUT2D eigenvalue weighted by molar-refractivity contribution is -0.384. The number of nitrogens with one attached hydrogen (secondary N) is 1. The van der Waals surface area contributed by atoms with Gasteiger partial charge in [-0.3, -0.25) is 14.9 Å². The Balaban J connectivity index is 1.95. The summed E-state index contributed by atoms with van der Waals surface area (Å²) in [7, 11) is 1.37. The summed E-state index contributed by atoms with van der Waals surface area (Å²) in [6.07, 6.45) is -1.14. The predicted molar refractivity (Wildman–Crippen MR) is 105 cm³/mol. The van der Waals surface area contributed by atoms with Crippen LogP contribution in [0.5, 0.6) is 11.5 Å². The molecular formula is C20H22N2O7. The lowest BCUT2D eigenvalue weighted by Gasteiger charge is -2.15. The van der Waals surface area contributed by atoms with Gasteiger partial charge in [-0.15, -0.1) is 0 Å². The molecule has 0 unspecified atom stereocenters. The summed E-state index contributed by atoms with van der Waals surface area (Å²) >= 11 is 0. The number of nitro groups is 1. The molecule has 0 saturated heterocycles. The van der Waals surface area contributed by atoms with Crippen LogP contribution in [-0.2, 0) is 14.3 Å². The third kappa shape index (κ3) is 5.93. The Hall–Kier alpha value is -3.62. The average molecular weight is 402 g/mol. The maximum atomic E-state index is 12.3. The van der Waals surface area contributed by atoms with Gasteiger partial charge in [-0.25, -0.2) is 4.79 Å². The van der Waals surface area contributed by atoms with Crippen molar-refractivity contribution in [3.8, 4) is 11.5 Å². The molecule has 0 spiro atoms. The first kappa shape index (κ1) is 21.7. The molecule has 2 rings (SSSR count). The molecule has 2 aromatic carbocycles. The standard InChI is InChI=1S/C20H22N2O7/c1-12-5-7-17(13(2)9-12)28-11-19(23)29-14(3)20(24)21-16-10-15(22(25)26)6-8-18(16)27-4/h5-10,14H,11H2,1-4H3,(H,21,24)/t14-/m1/s1. The molecule has 0 aliphatic carbocycles. The molecule has 0 aliphatic rings. The zero-order chi connectivity index (χ0) is 21.6. The van der Waals surface area contributed by atoms with E-state index in [1.807, 2.05) is 26.0 Å². The Morgan fingerprint density at radius 1 is 1.14 bits per heavy atom. The summed E-state index contributed by atoms with van der Waals surface area (Å²) in [6.45, 7) is 4.83. The van der Waals surface area contributed by atoms with E-state index in [0.717, 1.165) is 17.2 Å². The summed E-state index contributed by atoms with van der Waals surface area (Å²) in [4.78, 5) is 34.6. The second kappa shape index (κ2) is 9.54. The van der Waals surface area contributed by atoms with Gasteiger partial charge in [-0.2, -0.15) is 0 Å². The maximum absolute atomic E-state index is 12.3.